The number of nitrogens with one attached hydrogen (secondary N) is 1. The summed E-state index contributed by atoms with van der Waals surface area (Å²) >= 11 is 0. The van der Waals surface area contributed by atoms with E-state index in [1.807, 2.05) is 49.4 Å². The fraction of sp³-hybridized carbons (Fsp3) is 0.125. The lowest BCUT2D eigenvalue weighted by Gasteiger charge is -2.07. The van der Waals surface area contributed by atoms with Crippen molar-refractivity contribution in [3.05, 3.63) is 58.4 Å². The molecule has 20 heavy (non-hydrogen) atoms. The molecule has 0 spiro atoms. The summed E-state index contributed by atoms with van der Waals surface area (Å²) in [6.07, 6.45) is 0. The number of H-pyrrole nitrogens is 1. The lowest BCUT2D eigenvalue weighted by Crippen LogP contribution is -2.09. The number of methoxy groups -OCH3 is 1. The molecule has 0 saturated carbocycles. The Kier molecular flexibility index (Phi) is 2.99. The predicted octanol–water partition coefficient (Wildman–Crippen LogP) is 2.91. The van der Waals surface area contributed by atoms with Gasteiger partial charge in [0.2, 0.25) is 0 Å². The molecule has 0 aliphatic carbocycles. The van der Waals surface area contributed by atoms with Crippen molar-refractivity contribution in [1.29, 1.82) is 0 Å². The van der Waals surface area contributed by atoms with E-state index in [9.17, 15) is 4.79 Å². The molecule has 0 saturated heterocycles. The van der Waals surface area contributed by atoms with Crippen LogP contribution in [-0.2, 0) is 0 Å². The number of ether oxygens (including phenoxy) is 1. The van der Waals surface area contributed by atoms with Crippen LogP contribution in [0.2, 0.25) is 0 Å². The van der Waals surface area contributed by atoms with Gasteiger partial charge in [0.15, 0.2) is 0 Å². The first-order chi connectivity index (χ1) is 9.69. The lowest BCUT2D eigenvalue weighted by atomic mass is 10.0. The summed E-state index contributed by atoms with van der Waals surface area (Å²) in [5, 5.41) is 8.26. The molecule has 3 aromatic rings. The highest BCUT2D eigenvalue weighted by atomic mass is 16.5. The average Bonchev–Trinajstić information content (AvgIpc) is 2.48. The minimum atomic E-state index is -0.169. The number of aromatic nitrogens is 2. The van der Waals surface area contributed by atoms with Gasteiger partial charge in [-0.3, -0.25) is 4.79 Å². The van der Waals surface area contributed by atoms with E-state index in [2.05, 4.69) is 10.2 Å². The molecule has 4 nitrogen and oxygen atoms in total. The Morgan fingerprint density at radius 1 is 1.05 bits per heavy atom. The summed E-state index contributed by atoms with van der Waals surface area (Å²) in [6.45, 7) is 2.00. The standard InChI is InChI=1S/C16H14N2O2/c1-10-3-8-13-14(9-10)15(17-18-16(13)19)11-4-6-12(20-2)7-5-11/h3-9H,1-2H3,(H,18,19). The molecule has 0 unspecified atom stereocenters. The number of fused-ring (bicyclic) bond motifs is 1. The molecule has 2 aromatic carbocycles. The molecule has 0 bridgehead atoms. The molecular formula is C16H14N2O2. The zero-order valence-corrected chi connectivity index (χ0v) is 11.3. The number of aromatic amines is 1. The van der Waals surface area contributed by atoms with Crippen LogP contribution in [0.5, 0.6) is 5.75 Å². The van der Waals surface area contributed by atoms with E-state index in [1.54, 1.807) is 7.11 Å². The van der Waals surface area contributed by atoms with Crippen LogP contribution in [0.1, 0.15) is 5.56 Å². The van der Waals surface area contributed by atoms with Gasteiger partial charge in [-0.05, 0) is 43.3 Å². The maximum Gasteiger partial charge on any atom is 0.272 e. The van der Waals surface area contributed by atoms with Crippen LogP contribution >= 0.6 is 0 Å². The van der Waals surface area contributed by atoms with Crippen LogP contribution in [0.4, 0.5) is 0 Å². The van der Waals surface area contributed by atoms with Crippen molar-refractivity contribution in [3.63, 3.8) is 0 Å². The monoisotopic (exact) mass is 266 g/mol. The van der Waals surface area contributed by atoms with Gasteiger partial charge in [0.25, 0.3) is 5.56 Å². The van der Waals surface area contributed by atoms with E-state index in [0.29, 0.717) is 5.39 Å². The molecule has 0 atom stereocenters. The molecule has 0 aliphatic heterocycles. The number of hydrogen-bond acceptors (Lipinski definition) is 3. The Morgan fingerprint density at radius 2 is 1.80 bits per heavy atom. The Bertz CT molecular complexity index is 820. The predicted molar refractivity (Wildman–Crippen MR) is 79.1 cm³/mol. The first-order valence-electron chi connectivity index (χ1n) is 6.32. The Morgan fingerprint density at radius 3 is 2.50 bits per heavy atom. The lowest BCUT2D eigenvalue weighted by molar-refractivity contribution is 0.415. The maximum atomic E-state index is 11.8. The summed E-state index contributed by atoms with van der Waals surface area (Å²) in [5.41, 5.74) is 2.64. The van der Waals surface area contributed by atoms with Crippen molar-refractivity contribution in [1.82, 2.24) is 10.2 Å². The van der Waals surface area contributed by atoms with Crippen LogP contribution < -0.4 is 10.3 Å². The zero-order valence-electron chi connectivity index (χ0n) is 11.3. The van der Waals surface area contributed by atoms with Crippen LogP contribution in [0.3, 0.4) is 0 Å². The van der Waals surface area contributed by atoms with Gasteiger partial charge in [-0.15, -0.1) is 0 Å². The average molecular weight is 266 g/mol. The van der Waals surface area contributed by atoms with Gasteiger partial charge < -0.3 is 4.74 Å². The molecule has 0 fully saturated rings. The summed E-state index contributed by atoms with van der Waals surface area (Å²) in [4.78, 5) is 11.8. The molecule has 0 aliphatic rings. The molecule has 4 heteroatoms. The fourth-order valence-corrected chi connectivity index (χ4v) is 2.25. The van der Waals surface area contributed by atoms with Crippen molar-refractivity contribution in [2.24, 2.45) is 0 Å². The molecule has 3 rings (SSSR count). The molecule has 0 radical (unpaired) electrons. The van der Waals surface area contributed by atoms with E-state index < -0.39 is 0 Å². The van der Waals surface area contributed by atoms with E-state index in [1.165, 1.54) is 0 Å². The van der Waals surface area contributed by atoms with Crippen LogP contribution in [0, 0.1) is 6.92 Å². The highest BCUT2D eigenvalue weighted by molar-refractivity contribution is 5.94. The molecule has 0 amide bonds. The van der Waals surface area contributed by atoms with Gasteiger partial charge in [-0.2, -0.15) is 5.10 Å². The highest BCUT2D eigenvalue weighted by Gasteiger charge is 2.09. The van der Waals surface area contributed by atoms with Crippen molar-refractivity contribution in [2.75, 3.05) is 7.11 Å². The van der Waals surface area contributed by atoms with Crippen molar-refractivity contribution in [2.45, 2.75) is 6.92 Å². The number of aryl methyl sites for hydroxylation is 1. The van der Waals surface area contributed by atoms with E-state index in [0.717, 1.165) is 28.0 Å². The number of nitrogens with zero attached hydrogens (tertiary/aromatic N) is 1. The molecule has 100 valence electrons. The van der Waals surface area contributed by atoms with E-state index in [-0.39, 0.29) is 5.56 Å². The summed E-state index contributed by atoms with van der Waals surface area (Å²) in [6, 6.07) is 13.4. The molecular weight excluding hydrogens is 252 g/mol. The quantitative estimate of drug-likeness (QED) is 0.776. The minimum Gasteiger partial charge on any atom is -0.497 e. The molecule has 1 aromatic heterocycles. The zero-order chi connectivity index (χ0) is 14.1. The van der Waals surface area contributed by atoms with Crippen LogP contribution in [0.25, 0.3) is 22.0 Å². The van der Waals surface area contributed by atoms with Crippen molar-refractivity contribution >= 4 is 10.8 Å². The second kappa shape index (κ2) is 4.81. The Hall–Kier alpha value is -2.62. The van der Waals surface area contributed by atoms with Crippen LogP contribution in [0.15, 0.2) is 47.3 Å². The topological polar surface area (TPSA) is 55.0 Å². The second-order valence-electron chi connectivity index (χ2n) is 4.68. The second-order valence-corrected chi connectivity index (χ2v) is 4.68. The normalized spacial score (nSPS) is 10.7. The first-order valence-corrected chi connectivity index (χ1v) is 6.32. The summed E-state index contributed by atoms with van der Waals surface area (Å²) < 4.78 is 5.15. The highest BCUT2D eigenvalue weighted by Crippen LogP contribution is 2.26. The maximum absolute atomic E-state index is 11.8. The third-order valence-electron chi connectivity index (χ3n) is 3.31. The summed E-state index contributed by atoms with van der Waals surface area (Å²) in [7, 11) is 1.63. The van der Waals surface area contributed by atoms with Gasteiger partial charge >= 0.3 is 0 Å². The number of rotatable bonds is 2. The third-order valence-corrected chi connectivity index (χ3v) is 3.31. The number of hydrogen-bond donors (Lipinski definition) is 1. The van der Waals surface area contributed by atoms with Gasteiger partial charge in [0, 0.05) is 10.9 Å². The smallest absolute Gasteiger partial charge is 0.272 e. The van der Waals surface area contributed by atoms with Crippen molar-refractivity contribution < 1.29 is 4.74 Å². The van der Waals surface area contributed by atoms with Gasteiger partial charge in [0.1, 0.15) is 5.75 Å². The Labute approximate surface area is 116 Å². The van der Waals surface area contributed by atoms with Crippen molar-refractivity contribution in [3.8, 4) is 17.0 Å². The van der Waals surface area contributed by atoms with Gasteiger partial charge in [-0.25, -0.2) is 5.10 Å². The summed E-state index contributed by atoms with van der Waals surface area (Å²) in [5.74, 6) is 0.790. The Balaban J connectivity index is 2.27. The minimum absolute atomic E-state index is 0.169. The van der Waals surface area contributed by atoms with E-state index >= 15 is 0 Å². The van der Waals surface area contributed by atoms with Gasteiger partial charge in [0.05, 0.1) is 18.2 Å². The SMILES string of the molecule is COc1ccc(-c2n[nH]c(=O)c3ccc(C)cc23)cc1. The van der Waals surface area contributed by atoms with E-state index in [4.69, 9.17) is 4.74 Å². The third kappa shape index (κ3) is 2.05. The first kappa shape index (κ1) is 12.4. The fourth-order valence-electron chi connectivity index (χ4n) is 2.25. The number of benzene rings is 2. The molecule has 1 N–H and O–H groups in total. The molecule has 1 heterocycles. The van der Waals surface area contributed by atoms with Gasteiger partial charge in [-0.1, -0.05) is 11.6 Å². The largest absolute Gasteiger partial charge is 0.497 e. The van der Waals surface area contributed by atoms with Crippen LogP contribution in [-0.4, -0.2) is 17.3 Å².